The maximum absolute atomic E-state index is 11.7. The standard InChI is InChI=1S/C20H37NO15Si/c1-4-8(24)10(26)11(27)16(33-4)20(32)15(29)12(28)14(18(31)37)36-19(20)35-13-6(3-22)34-17(30)7(9(13)25)21-5(2)23/h4,6-19,22,24-32H,3H2,1-2,37H3,(H,21,23)/t4-,6+,7+,8+,9+,10+,11-,12-,13+,14-,15-,16?,17?,18?,19+,20-/m0/s1. The molecule has 3 unspecified atom stereocenters. The number of carbonyl (C=O) groups excluding carboxylic acids is 1. The Morgan fingerprint density at radius 2 is 1.62 bits per heavy atom. The number of amides is 1. The van der Waals surface area contributed by atoms with Gasteiger partial charge in [-0.2, -0.15) is 0 Å². The van der Waals surface area contributed by atoms with Crippen molar-refractivity contribution in [2.75, 3.05) is 6.61 Å². The van der Waals surface area contributed by atoms with E-state index in [0.29, 0.717) is 0 Å². The summed E-state index contributed by atoms with van der Waals surface area (Å²) in [6, 6.07) is -1.47. The first-order chi connectivity index (χ1) is 17.2. The Balaban J connectivity index is 2.02. The van der Waals surface area contributed by atoms with Crippen molar-refractivity contribution < 1.29 is 74.8 Å². The zero-order valence-corrected chi connectivity index (χ0v) is 22.4. The predicted octanol–water partition coefficient (Wildman–Crippen LogP) is -8.32. The van der Waals surface area contributed by atoms with Gasteiger partial charge in [-0.1, -0.05) is 0 Å². The van der Waals surface area contributed by atoms with E-state index in [-0.39, 0.29) is 10.2 Å². The van der Waals surface area contributed by atoms with Crippen molar-refractivity contribution in [3.8, 4) is 0 Å². The minimum atomic E-state index is -2.90. The highest BCUT2D eigenvalue weighted by atomic mass is 28.1. The molecule has 3 fully saturated rings. The van der Waals surface area contributed by atoms with Crippen molar-refractivity contribution >= 4 is 16.1 Å². The molecule has 0 aromatic rings. The number of carbonyl (C=O) groups is 1. The summed E-state index contributed by atoms with van der Waals surface area (Å²) in [7, 11) is 0.0309. The molecule has 11 N–H and O–H groups in total. The molecule has 0 aliphatic carbocycles. The molecule has 17 heteroatoms. The van der Waals surface area contributed by atoms with Crippen molar-refractivity contribution in [2.45, 2.75) is 111 Å². The number of aliphatic hydroxyl groups excluding tert-OH is 9. The predicted molar refractivity (Wildman–Crippen MR) is 120 cm³/mol. The highest BCUT2D eigenvalue weighted by Gasteiger charge is 2.66. The average molecular weight is 560 g/mol. The topological polar surface area (TPSA) is 268 Å². The van der Waals surface area contributed by atoms with Crippen LogP contribution in [0, 0.1) is 0 Å². The maximum Gasteiger partial charge on any atom is 0.217 e. The van der Waals surface area contributed by atoms with Gasteiger partial charge >= 0.3 is 0 Å². The van der Waals surface area contributed by atoms with Crippen molar-refractivity contribution in [1.82, 2.24) is 5.32 Å². The lowest BCUT2D eigenvalue weighted by Crippen LogP contribution is -2.78. The number of rotatable bonds is 6. The SMILES string of the molecule is CC(=O)N[C@H]1C(O)O[C@H](CO)[C@@H](O[C@@H]2O[C@H](C(O)[SiH3])[C@H](O)[C@H](O)[C@]2(O)C2O[C@@H](C)[C@@H](O)[C@@H](O)[C@@H]2O)[C@@H]1O. The van der Waals surface area contributed by atoms with Gasteiger partial charge in [-0.15, -0.1) is 0 Å². The molecule has 216 valence electrons. The Morgan fingerprint density at radius 1 is 1.00 bits per heavy atom. The van der Waals surface area contributed by atoms with E-state index in [1.807, 2.05) is 0 Å². The first kappa shape index (κ1) is 30.7. The Kier molecular flexibility index (Phi) is 9.70. The van der Waals surface area contributed by atoms with E-state index in [0.717, 1.165) is 6.92 Å². The summed E-state index contributed by atoms with van der Waals surface area (Å²) in [6.45, 7) is 1.58. The van der Waals surface area contributed by atoms with Crippen LogP contribution in [0.3, 0.4) is 0 Å². The summed E-state index contributed by atoms with van der Waals surface area (Å²) in [6.07, 6.45) is -23.1. The van der Waals surface area contributed by atoms with E-state index in [9.17, 15) is 55.9 Å². The van der Waals surface area contributed by atoms with Gasteiger partial charge in [0.15, 0.2) is 18.2 Å². The van der Waals surface area contributed by atoms with Crippen molar-refractivity contribution in [3.63, 3.8) is 0 Å². The zero-order chi connectivity index (χ0) is 28.0. The van der Waals surface area contributed by atoms with Gasteiger partial charge in [0, 0.05) is 17.2 Å². The van der Waals surface area contributed by atoms with E-state index >= 15 is 0 Å². The van der Waals surface area contributed by atoms with Gasteiger partial charge in [0.2, 0.25) is 5.91 Å². The van der Waals surface area contributed by atoms with Gasteiger partial charge in [-0.05, 0) is 6.92 Å². The summed E-state index contributed by atoms with van der Waals surface area (Å²) < 4.78 is 22.1. The lowest BCUT2D eigenvalue weighted by molar-refractivity contribution is -0.404. The molecule has 16 nitrogen and oxygen atoms in total. The second-order valence-corrected chi connectivity index (χ2v) is 11.0. The molecule has 3 saturated heterocycles. The number of nitrogens with one attached hydrogen (secondary N) is 1. The Bertz CT molecular complexity index is 795. The molecule has 1 amide bonds. The highest BCUT2D eigenvalue weighted by molar-refractivity contribution is 6.11. The third-order valence-corrected chi connectivity index (χ3v) is 7.76. The van der Waals surface area contributed by atoms with Crippen molar-refractivity contribution in [2.24, 2.45) is 0 Å². The number of aliphatic hydroxyl groups is 10. The molecule has 0 radical (unpaired) electrons. The monoisotopic (exact) mass is 559 g/mol. The molecule has 3 rings (SSSR count). The van der Waals surface area contributed by atoms with E-state index in [1.54, 1.807) is 0 Å². The van der Waals surface area contributed by atoms with Crippen LogP contribution in [-0.4, -0.2) is 171 Å². The summed E-state index contributed by atoms with van der Waals surface area (Å²) in [4.78, 5) is 11.6. The molecule has 16 atom stereocenters. The van der Waals surface area contributed by atoms with E-state index in [2.05, 4.69) is 5.32 Å². The van der Waals surface area contributed by atoms with E-state index < -0.39 is 110 Å². The largest absolute Gasteiger partial charge is 0.395 e. The summed E-state index contributed by atoms with van der Waals surface area (Å²) >= 11 is 0. The van der Waals surface area contributed by atoms with Crippen LogP contribution in [0.5, 0.6) is 0 Å². The smallest absolute Gasteiger partial charge is 0.217 e. The van der Waals surface area contributed by atoms with Crippen LogP contribution in [0.2, 0.25) is 0 Å². The second kappa shape index (κ2) is 11.7. The van der Waals surface area contributed by atoms with Crippen LogP contribution >= 0.6 is 0 Å². The fraction of sp³-hybridized carbons (Fsp3) is 0.950. The van der Waals surface area contributed by atoms with Gasteiger partial charge in [-0.3, -0.25) is 4.79 Å². The number of hydrogen-bond donors (Lipinski definition) is 11. The van der Waals surface area contributed by atoms with Gasteiger partial charge < -0.3 is 75.3 Å². The van der Waals surface area contributed by atoms with Crippen molar-refractivity contribution in [3.05, 3.63) is 0 Å². The molecule has 0 saturated carbocycles. The maximum atomic E-state index is 11.7. The normalized spacial score (nSPS) is 52.0. The van der Waals surface area contributed by atoms with Crippen LogP contribution in [-0.2, 0) is 23.7 Å². The molecule has 3 heterocycles. The fourth-order valence-electron chi connectivity index (χ4n) is 4.98. The lowest BCUT2D eigenvalue weighted by atomic mass is 9.76. The number of hydrogen-bond acceptors (Lipinski definition) is 15. The molecule has 3 aliphatic heterocycles. The first-order valence-electron chi connectivity index (χ1n) is 11.8. The summed E-state index contributed by atoms with van der Waals surface area (Å²) in [5, 5.41) is 108. The molecule has 0 aromatic heterocycles. The van der Waals surface area contributed by atoms with Gasteiger partial charge in [0.05, 0.1) is 18.4 Å². The highest BCUT2D eigenvalue weighted by Crippen LogP contribution is 2.41. The van der Waals surface area contributed by atoms with Crippen LogP contribution < -0.4 is 5.32 Å². The molecular weight excluding hydrogens is 522 g/mol. The molecular formula is C20H37NO15Si. The molecule has 0 aromatic carbocycles. The Labute approximate surface area is 214 Å². The van der Waals surface area contributed by atoms with Crippen molar-refractivity contribution in [1.29, 1.82) is 0 Å². The van der Waals surface area contributed by atoms with Gasteiger partial charge in [0.1, 0.15) is 67.1 Å². The minimum absolute atomic E-state index is 0.0309. The Morgan fingerprint density at radius 3 is 2.16 bits per heavy atom. The van der Waals surface area contributed by atoms with Gasteiger partial charge in [0.25, 0.3) is 0 Å². The zero-order valence-electron chi connectivity index (χ0n) is 20.4. The minimum Gasteiger partial charge on any atom is -0.395 e. The lowest BCUT2D eigenvalue weighted by Gasteiger charge is -2.56. The second-order valence-electron chi connectivity index (χ2n) is 9.79. The van der Waals surface area contributed by atoms with Crippen LogP contribution in [0.4, 0.5) is 0 Å². The van der Waals surface area contributed by atoms with Crippen LogP contribution in [0.25, 0.3) is 0 Å². The molecule has 0 bridgehead atoms. The van der Waals surface area contributed by atoms with Gasteiger partial charge in [-0.25, -0.2) is 0 Å². The third kappa shape index (κ3) is 5.58. The fourth-order valence-corrected chi connectivity index (χ4v) is 5.54. The molecule has 37 heavy (non-hydrogen) atoms. The first-order valence-corrected chi connectivity index (χ1v) is 13.0. The Hall–Kier alpha value is -0.873. The van der Waals surface area contributed by atoms with Crippen LogP contribution in [0.1, 0.15) is 13.8 Å². The summed E-state index contributed by atoms with van der Waals surface area (Å²) in [5.74, 6) is -0.656. The van der Waals surface area contributed by atoms with E-state index in [1.165, 1.54) is 6.92 Å². The third-order valence-electron chi connectivity index (χ3n) is 7.10. The summed E-state index contributed by atoms with van der Waals surface area (Å²) in [5.41, 5.74) is -4.21. The van der Waals surface area contributed by atoms with Crippen LogP contribution in [0.15, 0.2) is 0 Å². The molecule has 3 aliphatic rings. The number of ether oxygens (including phenoxy) is 4. The quantitative estimate of drug-likeness (QED) is 0.135. The van der Waals surface area contributed by atoms with E-state index in [4.69, 9.17) is 18.9 Å². The molecule has 0 spiro atoms. The average Bonchev–Trinajstić information content (AvgIpc) is 2.83.